The van der Waals surface area contributed by atoms with Crippen molar-refractivity contribution in [2.75, 3.05) is 45.7 Å². The molecule has 2 rings (SSSR count). The normalized spacial score (nSPS) is 13.5. The Morgan fingerprint density at radius 1 is 1.43 bits per heavy atom. The molecule has 0 saturated heterocycles. The first kappa shape index (κ1) is 15.7. The number of aromatic nitrogens is 1. The maximum Gasteiger partial charge on any atom is 0.339 e. The number of likely N-dealkylation sites (N-methyl/N-ethyl adjacent to an activating group) is 1. The average Bonchev–Trinajstić information content (AvgIpc) is 2.88. The van der Waals surface area contributed by atoms with Crippen molar-refractivity contribution in [3.8, 4) is 0 Å². The second kappa shape index (κ2) is 7.38. The fraction of sp³-hybridized carbons (Fsp3) is 0.600. The molecule has 1 aliphatic rings. The number of aryl methyl sites for hydroxylation is 2. The van der Waals surface area contributed by atoms with Gasteiger partial charge in [0, 0.05) is 18.8 Å². The Labute approximate surface area is 125 Å². The van der Waals surface area contributed by atoms with Gasteiger partial charge in [0.2, 0.25) is 0 Å². The van der Waals surface area contributed by atoms with Gasteiger partial charge in [0.15, 0.2) is 0 Å². The second-order valence-corrected chi connectivity index (χ2v) is 5.49. The lowest BCUT2D eigenvalue weighted by molar-refractivity contribution is 0.0697. The van der Waals surface area contributed by atoms with Gasteiger partial charge < -0.3 is 20.1 Å². The van der Waals surface area contributed by atoms with Crippen LogP contribution in [0.25, 0.3) is 0 Å². The molecule has 21 heavy (non-hydrogen) atoms. The number of hydrogen-bond donors (Lipinski definition) is 2. The van der Waals surface area contributed by atoms with Gasteiger partial charge in [0.1, 0.15) is 11.4 Å². The highest BCUT2D eigenvalue weighted by molar-refractivity contribution is 5.93. The molecule has 1 heterocycles. The van der Waals surface area contributed by atoms with Crippen LogP contribution in [0.15, 0.2) is 6.07 Å². The Bertz CT molecular complexity index is 503. The van der Waals surface area contributed by atoms with Crippen LogP contribution >= 0.6 is 0 Å². The molecule has 1 aromatic heterocycles. The van der Waals surface area contributed by atoms with Crippen molar-refractivity contribution in [1.29, 1.82) is 0 Å². The number of ether oxygens (including phenoxy) is 1. The number of carboxylic acid groups (broad SMARTS) is 1. The van der Waals surface area contributed by atoms with E-state index in [-0.39, 0.29) is 5.56 Å². The molecule has 6 heteroatoms. The third kappa shape index (κ3) is 4.41. The molecule has 1 aliphatic carbocycles. The molecule has 0 fully saturated rings. The monoisotopic (exact) mass is 293 g/mol. The van der Waals surface area contributed by atoms with Crippen LogP contribution in [0, 0.1) is 0 Å². The zero-order chi connectivity index (χ0) is 15.2. The van der Waals surface area contributed by atoms with Crippen LogP contribution < -0.4 is 5.32 Å². The molecule has 2 N–H and O–H groups in total. The molecule has 0 aliphatic heterocycles. The van der Waals surface area contributed by atoms with E-state index in [2.05, 4.69) is 15.2 Å². The molecule has 1 aromatic rings. The van der Waals surface area contributed by atoms with Gasteiger partial charge in [-0.25, -0.2) is 9.78 Å². The van der Waals surface area contributed by atoms with Gasteiger partial charge in [0.25, 0.3) is 0 Å². The van der Waals surface area contributed by atoms with Crippen LogP contribution in [0.4, 0.5) is 5.82 Å². The van der Waals surface area contributed by atoms with E-state index < -0.39 is 5.97 Å². The molecule has 0 aromatic carbocycles. The van der Waals surface area contributed by atoms with Crippen molar-refractivity contribution in [2.24, 2.45) is 0 Å². The van der Waals surface area contributed by atoms with Crippen molar-refractivity contribution in [3.05, 3.63) is 22.9 Å². The Kier molecular flexibility index (Phi) is 5.52. The molecule has 6 nitrogen and oxygen atoms in total. The van der Waals surface area contributed by atoms with Crippen LogP contribution in [-0.2, 0) is 17.6 Å². The summed E-state index contributed by atoms with van der Waals surface area (Å²) in [6.07, 6.45) is 2.91. The predicted molar refractivity (Wildman–Crippen MR) is 81.1 cm³/mol. The van der Waals surface area contributed by atoms with Gasteiger partial charge in [-0.2, -0.15) is 0 Å². The van der Waals surface area contributed by atoms with Gasteiger partial charge in [-0.15, -0.1) is 0 Å². The Morgan fingerprint density at radius 3 is 2.95 bits per heavy atom. The Morgan fingerprint density at radius 2 is 2.24 bits per heavy atom. The summed E-state index contributed by atoms with van der Waals surface area (Å²) < 4.78 is 5.48. The minimum Gasteiger partial charge on any atom is -0.478 e. The lowest BCUT2D eigenvalue weighted by Gasteiger charge is -2.12. The molecule has 0 bridgehead atoms. The number of carboxylic acids is 1. The third-order valence-corrected chi connectivity index (χ3v) is 3.50. The van der Waals surface area contributed by atoms with Crippen LogP contribution in [0.1, 0.15) is 28.0 Å². The zero-order valence-corrected chi connectivity index (χ0v) is 12.7. The summed E-state index contributed by atoms with van der Waals surface area (Å²) in [4.78, 5) is 17.8. The van der Waals surface area contributed by atoms with Crippen LogP contribution in [0.3, 0.4) is 0 Å². The zero-order valence-electron chi connectivity index (χ0n) is 12.7. The highest BCUT2D eigenvalue weighted by Gasteiger charge is 2.19. The Balaban J connectivity index is 1.89. The molecular weight excluding hydrogens is 270 g/mol. The lowest BCUT2D eigenvalue weighted by Crippen LogP contribution is -2.20. The smallest absolute Gasteiger partial charge is 0.339 e. The number of rotatable bonds is 8. The molecule has 0 amide bonds. The standard InChI is InChI=1S/C15H23N3O3/c1-18(2)7-9-21-8-6-16-14-12(15(19)20)10-11-4-3-5-13(11)17-14/h10H,3-9H2,1-2H3,(H,16,17)(H,19,20). The summed E-state index contributed by atoms with van der Waals surface area (Å²) in [5, 5.41) is 12.4. The molecule has 0 spiro atoms. The summed E-state index contributed by atoms with van der Waals surface area (Å²) in [5.74, 6) is -0.479. The van der Waals surface area contributed by atoms with Gasteiger partial charge >= 0.3 is 5.97 Å². The quantitative estimate of drug-likeness (QED) is 0.703. The first-order chi connectivity index (χ1) is 10.1. The van der Waals surface area contributed by atoms with E-state index in [0.29, 0.717) is 25.6 Å². The summed E-state index contributed by atoms with van der Waals surface area (Å²) in [7, 11) is 3.99. The van der Waals surface area contributed by atoms with Crippen molar-refractivity contribution < 1.29 is 14.6 Å². The average molecular weight is 293 g/mol. The molecule has 0 atom stereocenters. The van der Waals surface area contributed by atoms with E-state index in [1.165, 1.54) is 0 Å². The topological polar surface area (TPSA) is 74.7 Å². The van der Waals surface area contributed by atoms with Gasteiger partial charge in [-0.05, 0) is 45.0 Å². The first-order valence-electron chi connectivity index (χ1n) is 7.30. The lowest BCUT2D eigenvalue weighted by atomic mass is 10.1. The highest BCUT2D eigenvalue weighted by atomic mass is 16.5. The molecular formula is C15H23N3O3. The van der Waals surface area contributed by atoms with Crippen LogP contribution in [0.5, 0.6) is 0 Å². The van der Waals surface area contributed by atoms with E-state index in [1.807, 2.05) is 14.1 Å². The molecule has 0 radical (unpaired) electrons. The minimum atomic E-state index is -0.937. The largest absolute Gasteiger partial charge is 0.478 e. The number of pyridine rings is 1. The van der Waals surface area contributed by atoms with E-state index >= 15 is 0 Å². The molecule has 0 saturated carbocycles. The third-order valence-electron chi connectivity index (χ3n) is 3.50. The van der Waals surface area contributed by atoms with Gasteiger partial charge in [-0.1, -0.05) is 0 Å². The van der Waals surface area contributed by atoms with E-state index in [0.717, 1.165) is 37.1 Å². The van der Waals surface area contributed by atoms with Crippen LogP contribution in [0.2, 0.25) is 0 Å². The highest BCUT2D eigenvalue weighted by Crippen LogP contribution is 2.25. The minimum absolute atomic E-state index is 0.254. The maximum atomic E-state index is 11.3. The van der Waals surface area contributed by atoms with Crippen molar-refractivity contribution in [3.63, 3.8) is 0 Å². The maximum absolute atomic E-state index is 11.3. The number of nitrogens with one attached hydrogen (secondary N) is 1. The number of aromatic carboxylic acids is 1. The summed E-state index contributed by atoms with van der Waals surface area (Å²) >= 11 is 0. The number of anilines is 1. The number of nitrogens with zero attached hydrogens (tertiary/aromatic N) is 2. The van der Waals surface area contributed by atoms with E-state index in [4.69, 9.17) is 4.74 Å². The summed E-state index contributed by atoms with van der Waals surface area (Å²) in [6.45, 7) is 2.63. The number of fused-ring (bicyclic) bond motifs is 1. The number of carbonyl (C=O) groups is 1. The fourth-order valence-corrected chi connectivity index (χ4v) is 2.36. The first-order valence-corrected chi connectivity index (χ1v) is 7.30. The number of hydrogen-bond acceptors (Lipinski definition) is 5. The van der Waals surface area contributed by atoms with Crippen molar-refractivity contribution in [1.82, 2.24) is 9.88 Å². The summed E-state index contributed by atoms with van der Waals surface area (Å²) in [5.41, 5.74) is 2.35. The SMILES string of the molecule is CN(C)CCOCCNc1nc2c(cc1C(=O)O)CCC2. The van der Waals surface area contributed by atoms with Crippen LogP contribution in [-0.4, -0.2) is 61.4 Å². The Hall–Kier alpha value is -1.66. The predicted octanol–water partition coefficient (Wildman–Crippen LogP) is 1.26. The van der Waals surface area contributed by atoms with Gasteiger partial charge in [-0.3, -0.25) is 0 Å². The van der Waals surface area contributed by atoms with Crippen molar-refractivity contribution >= 4 is 11.8 Å². The van der Waals surface area contributed by atoms with Gasteiger partial charge in [0.05, 0.1) is 13.2 Å². The second-order valence-electron chi connectivity index (χ2n) is 5.49. The van der Waals surface area contributed by atoms with E-state index in [9.17, 15) is 9.90 Å². The summed E-state index contributed by atoms with van der Waals surface area (Å²) in [6, 6.07) is 1.76. The fourth-order valence-electron chi connectivity index (χ4n) is 2.36. The molecule has 116 valence electrons. The molecule has 0 unspecified atom stereocenters. The van der Waals surface area contributed by atoms with Crippen molar-refractivity contribution in [2.45, 2.75) is 19.3 Å². The van der Waals surface area contributed by atoms with E-state index in [1.54, 1.807) is 6.07 Å².